The number of carboxylic acid groups (broad SMARTS) is 1. The molecule has 0 aliphatic heterocycles. The second kappa shape index (κ2) is 7.33. The summed E-state index contributed by atoms with van der Waals surface area (Å²) in [6.07, 6.45) is -2.34. The van der Waals surface area contributed by atoms with Crippen molar-refractivity contribution in [3.63, 3.8) is 0 Å². The summed E-state index contributed by atoms with van der Waals surface area (Å²) in [6, 6.07) is 0. The maximum atomic E-state index is 13.6. The van der Waals surface area contributed by atoms with Crippen LogP contribution in [0.3, 0.4) is 0 Å². The molecule has 6 nitrogen and oxygen atoms in total. The normalized spacial score (nSPS) is 13.4. The first kappa shape index (κ1) is 19.3. The highest BCUT2D eigenvalue weighted by molar-refractivity contribution is 5.76. The number of carbonyl (C=O) groups is 3. The standard InChI is InChI=1S/C13H20F2O6/c1-8(16)20-7-5-6-9(17)21-10(12(2,3)4)13(14,15)11(18)19/h10H,5-7H2,1-4H3,(H,18,19)/p-1. The molecule has 0 bridgehead atoms. The van der Waals surface area contributed by atoms with Gasteiger partial charge < -0.3 is 19.4 Å². The number of rotatable bonds is 7. The van der Waals surface area contributed by atoms with Crippen molar-refractivity contribution in [2.45, 2.75) is 52.6 Å². The lowest BCUT2D eigenvalue weighted by Crippen LogP contribution is -2.56. The van der Waals surface area contributed by atoms with Crippen molar-refractivity contribution < 1.29 is 37.7 Å². The van der Waals surface area contributed by atoms with E-state index in [1.807, 2.05) is 0 Å². The summed E-state index contributed by atoms with van der Waals surface area (Å²) >= 11 is 0. The molecular weight excluding hydrogens is 290 g/mol. The molecule has 21 heavy (non-hydrogen) atoms. The van der Waals surface area contributed by atoms with Crippen molar-refractivity contribution in [1.82, 2.24) is 0 Å². The highest BCUT2D eigenvalue weighted by Crippen LogP contribution is 2.35. The molecule has 0 rings (SSSR count). The first-order valence-corrected chi connectivity index (χ1v) is 6.31. The van der Waals surface area contributed by atoms with Gasteiger partial charge in [0.15, 0.2) is 6.10 Å². The van der Waals surface area contributed by atoms with Crippen LogP contribution in [-0.4, -0.2) is 36.5 Å². The van der Waals surface area contributed by atoms with Crippen LogP contribution in [0.25, 0.3) is 0 Å². The monoisotopic (exact) mass is 309 g/mol. The van der Waals surface area contributed by atoms with Crippen molar-refractivity contribution in [3.8, 4) is 0 Å². The van der Waals surface area contributed by atoms with Gasteiger partial charge in [-0.05, 0) is 6.42 Å². The van der Waals surface area contributed by atoms with Crippen LogP contribution in [0.1, 0.15) is 40.5 Å². The first-order valence-electron chi connectivity index (χ1n) is 6.31. The summed E-state index contributed by atoms with van der Waals surface area (Å²) in [6.45, 7) is 5.10. The molecule has 0 heterocycles. The lowest BCUT2D eigenvalue weighted by Gasteiger charge is -2.36. The average Bonchev–Trinajstić information content (AvgIpc) is 2.29. The van der Waals surface area contributed by atoms with Crippen molar-refractivity contribution >= 4 is 17.9 Å². The van der Waals surface area contributed by atoms with Gasteiger partial charge in [-0.1, -0.05) is 20.8 Å². The van der Waals surface area contributed by atoms with Gasteiger partial charge in [-0.15, -0.1) is 0 Å². The molecular formula is C13H19F2O6-. The third-order valence-corrected chi connectivity index (χ3v) is 2.47. The quantitative estimate of drug-likeness (QED) is 0.507. The molecule has 0 aliphatic carbocycles. The zero-order chi connectivity index (χ0) is 16.8. The van der Waals surface area contributed by atoms with E-state index in [9.17, 15) is 28.3 Å². The predicted octanol–water partition coefficient (Wildman–Crippen LogP) is 0.673. The number of carboxylic acids is 1. The Morgan fingerprint density at radius 2 is 1.71 bits per heavy atom. The van der Waals surface area contributed by atoms with Crippen molar-refractivity contribution in [2.24, 2.45) is 5.41 Å². The second-order valence-electron chi connectivity index (χ2n) is 5.59. The Kier molecular flexibility index (Phi) is 6.72. The third-order valence-electron chi connectivity index (χ3n) is 2.47. The van der Waals surface area contributed by atoms with Gasteiger partial charge in [-0.25, -0.2) is 0 Å². The maximum absolute atomic E-state index is 13.6. The van der Waals surface area contributed by atoms with E-state index in [0.29, 0.717) is 0 Å². The van der Waals surface area contributed by atoms with Crippen LogP contribution < -0.4 is 5.11 Å². The van der Waals surface area contributed by atoms with E-state index < -0.39 is 35.3 Å². The van der Waals surface area contributed by atoms with E-state index in [4.69, 9.17) is 0 Å². The summed E-state index contributed by atoms with van der Waals surface area (Å²) in [7, 11) is 0. The van der Waals surface area contributed by atoms with Crippen LogP contribution in [-0.2, 0) is 23.9 Å². The van der Waals surface area contributed by atoms with Crippen LogP contribution in [0.4, 0.5) is 8.78 Å². The van der Waals surface area contributed by atoms with Crippen LogP contribution >= 0.6 is 0 Å². The van der Waals surface area contributed by atoms with Gasteiger partial charge >= 0.3 is 17.9 Å². The fraction of sp³-hybridized carbons (Fsp3) is 0.769. The van der Waals surface area contributed by atoms with Gasteiger partial charge in [0, 0.05) is 18.8 Å². The van der Waals surface area contributed by atoms with E-state index in [0.717, 1.165) is 0 Å². The van der Waals surface area contributed by atoms with Crippen LogP contribution in [0.15, 0.2) is 0 Å². The lowest BCUT2D eigenvalue weighted by atomic mass is 9.85. The molecule has 1 unspecified atom stereocenters. The minimum atomic E-state index is -4.30. The molecule has 0 saturated carbocycles. The average molecular weight is 309 g/mol. The molecule has 0 N–H and O–H groups in total. The third kappa shape index (κ3) is 6.50. The number of carbonyl (C=O) groups excluding carboxylic acids is 3. The number of halogens is 2. The van der Waals surface area contributed by atoms with E-state index in [1.165, 1.54) is 27.7 Å². The van der Waals surface area contributed by atoms with Crippen molar-refractivity contribution in [1.29, 1.82) is 0 Å². The van der Waals surface area contributed by atoms with E-state index >= 15 is 0 Å². The number of ether oxygens (including phenoxy) is 2. The number of esters is 2. The molecule has 1 atom stereocenters. The van der Waals surface area contributed by atoms with Crippen molar-refractivity contribution in [2.75, 3.05) is 6.61 Å². The Hall–Kier alpha value is -1.73. The summed E-state index contributed by atoms with van der Waals surface area (Å²) in [5, 5.41) is 10.5. The number of aliphatic carboxylic acids is 1. The smallest absolute Gasteiger partial charge is 0.323 e. The molecule has 0 aromatic heterocycles. The molecule has 8 heteroatoms. The van der Waals surface area contributed by atoms with Crippen molar-refractivity contribution in [3.05, 3.63) is 0 Å². The van der Waals surface area contributed by atoms with Gasteiger partial charge in [0.25, 0.3) is 0 Å². The Labute approximate surface area is 121 Å². The van der Waals surface area contributed by atoms with Gasteiger partial charge in [-0.3, -0.25) is 9.59 Å². The predicted molar refractivity (Wildman–Crippen MR) is 65.2 cm³/mol. The number of hydrogen-bond donors (Lipinski definition) is 0. The van der Waals surface area contributed by atoms with Crippen LogP contribution in [0.2, 0.25) is 0 Å². The van der Waals surface area contributed by atoms with Crippen LogP contribution in [0, 0.1) is 5.41 Å². The lowest BCUT2D eigenvalue weighted by molar-refractivity contribution is -0.339. The molecule has 0 aliphatic rings. The van der Waals surface area contributed by atoms with E-state index in [1.54, 1.807) is 0 Å². The Morgan fingerprint density at radius 1 is 1.19 bits per heavy atom. The van der Waals surface area contributed by atoms with E-state index in [-0.39, 0.29) is 19.4 Å². The SMILES string of the molecule is CC(=O)OCCCC(=O)OC(C(C)(C)C)C(F)(F)C(=O)[O-]. The van der Waals surface area contributed by atoms with E-state index in [2.05, 4.69) is 9.47 Å². The minimum absolute atomic E-state index is 0.0541. The number of alkyl halides is 2. The zero-order valence-electron chi connectivity index (χ0n) is 12.4. The molecule has 0 saturated heterocycles. The van der Waals surface area contributed by atoms with Gasteiger partial charge in [0.1, 0.15) is 5.97 Å². The van der Waals surface area contributed by atoms with Gasteiger partial charge in [0.2, 0.25) is 0 Å². The largest absolute Gasteiger partial charge is 0.544 e. The minimum Gasteiger partial charge on any atom is -0.544 e. The van der Waals surface area contributed by atoms with Gasteiger partial charge in [-0.2, -0.15) is 8.78 Å². The zero-order valence-corrected chi connectivity index (χ0v) is 12.4. The molecule has 0 fully saturated rings. The molecule has 0 radical (unpaired) electrons. The second-order valence-corrected chi connectivity index (χ2v) is 5.59. The summed E-state index contributed by atoms with van der Waals surface area (Å²) in [5.41, 5.74) is -1.30. The first-order chi connectivity index (χ1) is 9.39. The Balaban J connectivity index is 4.67. The summed E-state index contributed by atoms with van der Waals surface area (Å²) in [4.78, 5) is 32.5. The number of hydrogen-bond acceptors (Lipinski definition) is 6. The molecule has 0 aromatic rings. The Bertz CT molecular complexity index is 400. The maximum Gasteiger partial charge on any atom is 0.323 e. The summed E-state index contributed by atoms with van der Waals surface area (Å²) in [5.74, 6) is -8.43. The molecule has 0 spiro atoms. The fourth-order valence-electron chi connectivity index (χ4n) is 1.52. The van der Waals surface area contributed by atoms with Crippen LogP contribution in [0.5, 0.6) is 0 Å². The molecule has 0 aromatic carbocycles. The topological polar surface area (TPSA) is 92.7 Å². The molecule has 0 amide bonds. The van der Waals surface area contributed by atoms with Gasteiger partial charge in [0.05, 0.1) is 6.61 Å². The Morgan fingerprint density at radius 3 is 2.10 bits per heavy atom. The summed E-state index contributed by atoms with van der Waals surface area (Å²) < 4.78 is 36.3. The highest BCUT2D eigenvalue weighted by atomic mass is 19.3. The fourth-order valence-corrected chi connectivity index (χ4v) is 1.52. The highest BCUT2D eigenvalue weighted by Gasteiger charge is 2.50. The molecule has 122 valence electrons.